The second kappa shape index (κ2) is 4.04. The van der Waals surface area contributed by atoms with Crippen molar-refractivity contribution in [1.82, 2.24) is 0 Å². The van der Waals surface area contributed by atoms with Crippen LogP contribution in [-0.2, 0) is 4.79 Å². The second-order valence-electron chi connectivity index (χ2n) is 3.20. The average molecular weight is 206 g/mol. The molecule has 0 aliphatic rings. The number of benzene rings is 1. The van der Waals surface area contributed by atoms with Crippen molar-refractivity contribution < 1.29 is 9.53 Å². The number of nitrogens with two attached hydrogens (primary N) is 2. The lowest BCUT2D eigenvalue weighted by atomic mass is 9.99. The van der Waals surface area contributed by atoms with Gasteiger partial charge in [0.1, 0.15) is 5.75 Å². The molecule has 15 heavy (non-hydrogen) atoms. The fourth-order valence-corrected chi connectivity index (χ4v) is 1.34. The standard InChI is InChI=1S/C11H14N2O2/c1-6-8(7(2)11(13)14)4-5-9(15-3)10(6)12/h4-5H,2,12H2,1,3H3,(H2,13,14). The smallest absolute Gasteiger partial charge is 0.248 e. The van der Waals surface area contributed by atoms with Crippen molar-refractivity contribution in [2.45, 2.75) is 6.92 Å². The van der Waals surface area contributed by atoms with Crippen molar-refractivity contribution in [3.63, 3.8) is 0 Å². The van der Waals surface area contributed by atoms with Crippen LogP contribution in [0.4, 0.5) is 5.69 Å². The zero-order chi connectivity index (χ0) is 11.6. The molecule has 0 spiro atoms. The van der Waals surface area contributed by atoms with Gasteiger partial charge in [0.2, 0.25) is 5.91 Å². The largest absolute Gasteiger partial charge is 0.495 e. The van der Waals surface area contributed by atoms with E-state index >= 15 is 0 Å². The molecule has 1 rings (SSSR count). The van der Waals surface area contributed by atoms with Gasteiger partial charge in [-0.2, -0.15) is 0 Å². The third-order valence-electron chi connectivity index (χ3n) is 2.32. The summed E-state index contributed by atoms with van der Waals surface area (Å²) in [5.41, 5.74) is 13.1. The van der Waals surface area contributed by atoms with E-state index in [0.29, 0.717) is 17.0 Å². The number of anilines is 1. The van der Waals surface area contributed by atoms with Gasteiger partial charge < -0.3 is 16.2 Å². The van der Waals surface area contributed by atoms with Crippen molar-refractivity contribution in [3.05, 3.63) is 29.8 Å². The fraction of sp³-hybridized carbons (Fsp3) is 0.182. The van der Waals surface area contributed by atoms with Crippen LogP contribution in [0, 0.1) is 6.92 Å². The predicted molar refractivity (Wildman–Crippen MR) is 60.4 cm³/mol. The first-order valence-corrected chi connectivity index (χ1v) is 4.41. The van der Waals surface area contributed by atoms with Crippen molar-refractivity contribution >= 4 is 17.2 Å². The lowest BCUT2D eigenvalue weighted by Crippen LogP contribution is -2.13. The molecule has 0 bridgehead atoms. The first-order chi connectivity index (χ1) is 6.99. The summed E-state index contributed by atoms with van der Waals surface area (Å²) in [4.78, 5) is 11.0. The van der Waals surface area contributed by atoms with Crippen LogP contribution in [0.3, 0.4) is 0 Å². The highest BCUT2D eigenvalue weighted by Gasteiger charge is 2.12. The maximum absolute atomic E-state index is 11.0. The Morgan fingerprint density at radius 1 is 1.47 bits per heavy atom. The van der Waals surface area contributed by atoms with Crippen LogP contribution in [0.2, 0.25) is 0 Å². The number of hydrogen-bond donors (Lipinski definition) is 2. The number of hydrogen-bond acceptors (Lipinski definition) is 3. The lowest BCUT2D eigenvalue weighted by molar-refractivity contribution is -0.112. The number of ether oxygens (including phenoxy) is 1. The first kappa shape index (κ1) is 11.1. The minimum atomic E-state index is -0.553. The second-order valence-corrected chi connectivity index (χ2v) is 3.20. The van der Waals surface area contributed by atoms with Crippen molar-refractivity contribution in [2.75, 3.05) is 12.8 Å². The number of rotatable bonds is 3. The molecule has 4 nitrogen and oxygen atoms in total. The maximum atomic E-state index is 11.0. The van der Waals surface area contributed by atoms with Gasteiger partial charge in [-0.1, -0.05) is 12.6 Å². The third-order valence-corrected chi connectivity index (χ3v) is 2.32. The van der Waals surface area contributed by atoms with E-state index in [1.54, 1.807) is 19.1 Å². The average Bonchev–Trinajstić information content (AvgIpc) is 2.21. The molecular weight excluding hydrogens is 192 g/mol. The van der Waals surface area contributed by atoms with E-state index in [2.05, 4.69) is 6.58 Å². The zero-order valence-corrected chi connectivity index (χ0v) is 8.83. The van der Waals surface area contributed by atoms with Crippen LogP contribution in [0.5, 0.6) is 5.75 Å². The Labute approximate surface area is 88.5 Å². The molecule has 1 amide bonds. The summed E-state index contributed by atoms with van der Waals surface area (Å²) < 4.78 is 5.05. The summed E-state index contributed by atoms with van der Waals surface area (Å²) in [6.45, 7) is 5.40. The number of carbonyl (C=O) groups is 1. The van der Waals surface area contributed by atoms with Gasteiger partial charge in [-0.25, -0.2) is 0 Å². The highest BCUT2D eigenvalue weighted by molar-refractivity contribution is 6.18. The van der Waals surface area contributed by atoms with E-state index in [4.69, 9.17) is 16.2 Å². The SMILES string of the molecule is C=C(C(N)=O)c1ccc(OC)c(N)c1C. The molecule has 0 aromatic heterocycles. The van der Waals surface area contributed by atoms with Gasteiger partial charge >= 0.3 is 0 Å². The Hall–Kier alpha value is -1.97. The summed E-state index contributed by atoms with van der Waals surface area (Å²) in [6.07, 6.45) is 0. The van der Waals surface area contributed by atoms with Gasteiger partial charge in [0.25, 0.3) is 0 Å². The van der Waals surface area contributed by atoms with E-state index < -0.39 is 5.91 Å². The van der Waals surface area contributed by atoms with Gasteiger partial charge in [-0.15, -0.1) is 0 Å². The Morgan fingerprint density at radius 3 is 2.53 bits per heavy atom. The highest BCUT2D eigenvalue weighted by atomic mass is 16.5. The Kier molecular flexibility index (Phi) is 2.99. The fourth-order valence-electron chi connectivity index (χ4n) is 1.34. The van der Waals surface area contributed by atoms with Gasteiger partial charge in [0.05, 0.1) is 12.8 Å². The topological polar surface area (TPSA) is 78.3 Å². The molecular formula is C11H14N2O2. The van der Waals surface area contributed by atoms with Gasteiger partial charge in [0.15, 0.2) is 0 Å². The van der Waals surface area contributed by atoms with Crippen LogP contribution < -0.4 is 16.2 Å². The van der Waals surface area contributed by atoms with E-state index in [-0.39, 0.29) is 5.57 Å². The number of primary amides is 1. The molecule has 0 unspecified atom stereocenters. The molecule has 1 aromatic carbocycles. The Morgan fingerprint density at radius 2 is 2.07 bits per heavy atom. The van der Waals surface area contributed by atoms with Crippen LogP contribution >= 0.6 is 0 Å². The van der Waals surface area contributed by atoms with Crippen LogP contribution in [0.15, 0.2) is 18.7 Å². The maximum Gasteiger partial charge on any atom is 0.248 e. The minimum absolute atomic E-state index is 0.252. The van der Waals surface area contributed by atoms with E-state index in [1.165, 1.54) is 7.11 Å². The van der Waals surface area contributed by atoms with Crippen molar-refractivity contribution in [1.29, 1.82) is 0 Å². The van der Waals surface area contributed by atoms with E-state index in [0.717, 1.165) is 5.56 Å². The van der Waals surface area contributed by atoms with Crippen LogP contribution in [-0.4, -0.2) is 13.0 Å². The van der Waals surface area contributed by atoms with Crippen LogP contribution in [0.25, 0.3) is 5.57 Å². The summed E-state index contributed by atoms with van der Waals surface area (Å²) in [5, 5.41) is 0. The molecule has 0 aliphatic heterocycles. The number of nitrogen functional groups attached to an aromatic ring is 1. The quantitative estimate of drug-likeness (QED) is 0.574. The highest BCUT2D eigenvalue weighted by Crippen LogP contribution is 2.30. The first-order valence-electron chi connectivity index (χ1n) is 4.41. The molecule has 80 valence electrons. The number of methoxy groups -OCH3 is 1. The molecule has 0 atom stereocenters. The molecule has 4 heteroatoms. The number of carbonyl (C=O) groups excluding carboxylic acids is 1. The molecule has 0 radical (unpaired) electrons. The normalized spacial score (nSPS) is 9.73. The molecule has 0 fully saturated rings. The zero-order valence-electron chi connectivity index (χ0n) is 8.83. The van der Waals surface area contributed by atoms with Gasteiger partial charge in [-0.3, -0.25) is 4.79 Å². The molecule has 0 saturated carbocycles. The minimum Gasteiger partial charge on any atom is -0.495 e. The van der Waals surface area contributed by atoms with E-state index in [9.17, 15) is 4.79 Å². The Balaban J connectivity index is 3.29. The molecule has 0 heterocycles. The molecule has 4 N–H and O–H groups in total. The van der Waals surface area contributed by atoms with E-state index in [1.807, 2.05) is 0 Å². The van der Waals surface area contributed by atoms with Crippen molar-refractivity contribution in [3.8, 4) is 5.75 Å². The molecule has 1 aromatic rings. The summed E-state index contributed by atoms with van der Waals surface area (Å²) >= 11 is 0. The summed E-state index contributed by atoms with van der Waals surface area (Å²) in [6, 6.07) is 3.41. The van der Waals surface area contributed by atoms with Crippen molar-refractivity contribution in [2.24, 2.45) is 5.73 Å². The molecule has 0 aliphatic carbocycles. The Bertz CT molecular complexity index is 425. The van der Waals surface area contributed by atoms with Gasteiger partial charge in [0, 0.05) is 5.57 Å². The summed E-state index contributed by atoms with van der Waals surface area (Å²) in [7, 11) is 1.54. The van der Waals surface area contributed by atoms with Gasteiger partial charge in [-0.05, 0) is 24.1 Å². The molecule has 0 saturated heterocycles. The summed E-state index contributed by atoms with van der Waals surface area (Å²) in [5.74, 6) is 0.0242. The number of amides is 1. The lowest BCUT2D eigenvalue weighted by Gasteiger charge is -2.12. The monoisotopic (exact) mass is 206 g/mol. The predicted octanol–water partition coefficient (Wildman–Crippen LogP) is 1.08. The van der Waals surface area contributed by atoms with Crippen LogP contribution in [0.1, 0.15) is 11.1 Å². The third kappa shape index (κ3) is 1.93.